The molecule has 0 aliphatic heterocycles. The highest BCUT2D eigenvalue weighted by atomic mass is 127. The molecule has 142 valence electrons. The predicted octanol–water partition coefficient (Wildman–Crippen LogP) is 2.30. The van der Waals surface area contributed by atoms with E-state index in [0.29, 0.717) is 0 Å². The van der Waals surface area contributed by atoms with Crippen molar-refractivity contribution in [3.8, 4) is 0 Å². The molecule has 0 aliphatic carbocycles. The van der Waals surface area contributed by atoms with Gasteiger partial charge < -0.3 is 20.9 Å². The maximum atomic E-state index is 12.1. The Hall–Kier alpha value is -1.87. The summed E-state index contributed by atoms with van der Waals surface area (Å²) in [6.45, 7) is 3.89. The van der Waals surface area contributed by atoms with Crippen LogP contribution in [0.3, 0.4) is 0 Å². The minimum atomic E-state index is -1.27. The molecule has 4 N–H and O–H groups in total. The van der Waals surface area contributed by atoms with E-state index in [4.69, 9.17) is 10.5 Å². The maximum Gasteiger partial charge on any atom is 0.271 e. The number of aliphatic hydroxyl groups is 1. The summed E-state index contributed by atoms with van der Waals surface area (Å²) in [7, 11) is 1.43. The van der Waals surface area contributed by atoms with Gasteiger partial charge >= 0.3 is 0 Å². The van der Waals surface area contributed by atoms with Crippen molar-refractivity contribution in [2.45, 2.75) is 32.8 Å². The molecule has 0 bridgehead atoms. The summed E-state index contributed by atoms with van der Waals surface area (Å²) >= 11 is 1.47. The van der Waals surface area contributed by atoms with Gasteiger partial charge in [0.2, 0.25) is 3.79 Å². The van der Waals surface area contributed by atoms with Crippen LogP contribution in [0, 0.1) is 0 Å². The van der Waals surface area contributed by atoms with Crippen LogP contribution in [-0.2, 0) is 20.7 Å². The molecule has 1 rings (SSSR count). The first-order valence-electron chi connectivity index (χ1n) is 8.33. The Labute approximate surface area is 167 Å². The zero-order valence-electron chi connectivity index (χ0n) is 15.2. The molecule has 0 aromatic heterocycles. The van der Waals surface area contributed by atoms with E-state index in [1.165, 1.54) is 35.3 Å². The molecule has 0 fully saturated rings. The minimum Gasteiger partial charge on any atom is -0.494 e. The third kappa shape index (κ3) is 6.45. The van der Waals surface area contributed by atoms with Crippen LogP contribution in [-0.4, -0.2) is 34.6 Å². The monoisotopic (exact) mass is 472 g/mol. The molecule has 0 radical (unpaired) electrons. The number of ether oxygens (including phenoxy) is 1. The Bertz CT molecular complexity index is 696. The second kappa shape index (κ2) is 11.0. The molecule has 6 nitrogen and oxygen atoms in total. The predicted molar refractivity (Wildman–Crippen MR) is 110 cm³/mol. The molecule has 0 heterocycles. The molecule has 0 aliphatic rings. The Balaban J connectivity index is 3.04. The van der Waals surface area contributed by atoms with E-state index >= 15 is 0 Å². The number of allylic oxidation sites excluding steroid dienone is 2. The Morgan fingerprint density at radius 2 is 1.92 bits per heavy atom. The molecule has 7 heteroatoms. The topological polar surface area (TPSA) is 102 Å². The molecule has 26 heavy (non-hydrogen) atoms. The van der Waals surface area contributed by atoms with Crippen LogP contribution in [0.1, 0.15) is 31.4 Å². The number of nitrogens with two attached hydrogens (primary N) is 1. The van der Waals surface area contributed by atoms with Crippen molar-refractivity contribution in [2.75, 3.05) is 13.7 Å². The zero-order valence-corrected chi connectivity index (χ0v) is 17.4. The lowest BCUT2D eigenvalue weighted by molar-refractivity contribution is -0.119. The summed E-state index contributed by atoms with van der Waals surface area (Å²) in [5, 5.41) is 11.9. The zero-order chi connectivity index (χ0) is 19.7. The lowest BCUT2D eigenvalue weighted by Crippen LogP contribution is -2.37. The van der Waals surface area contributed by atoms with Crippen LogP contribution < -0.4 is 11.1 Å². The van der Waals surface area contributed by atoms with Crippen molar-refractivity contribution in [3.63, 3.8) is 0 Å². The van der Waals surface area contributed by atoms with Gasteiger partial charge in [0.1, 0.15) is 17.6 Å². The van der Waals surface area contributed by atoms with E-state index in [-0.39, 0.29) is 18.0 Å². The number of benzene rings is 1. The smallest absolute Gasteiger partial charge is 0.271 e. The van der Waals surface area contributed by atoms with Gasteiger partial charge in [-0.05, 0) is 35.6 Å². The van der Waals surface area contributed by atoms with Crippen LogP contribution in [0.2, 0.25) is 0 Å². The van der Waals surface area contributed by atoms with Crippen LogP contribution in [0.15, 0.2) is 41.8 Å². The van der Waals surface area contributed by atoms with E-state index in [2.05, 4.69) is 24.4 Å². The fraction of sp³-hybridized carbons (Fsp3) is 0.368. The number of methoxy groups -OCH3 is 1. The number of carbonyl (C=O) groups is 2. The minimum absolute atomic E-state index is 0.114. The molecule has 1 atom stereocenters. The number of hydrogen-bond acceptors (Lipinski definition) is 5. The molecular weight excluding hydrogens is 447 g/mol. The van der Waals surface area contributed by atoms with Crippen LogP contribution in [0.4, 0.5) is 0 Å². The average molecular weight is 472 g/mol. The number of amides is 1. The quantitative estimate of drug-likeness (QED) is 0.168. The molecule has 1 unspecified atom stereocenters. The number of aryl methyl sites for hydroxylation is 1. The first-order chi connectivity index (χ1) is 12.3. The van der Waals surface area contributed by atoms with Crippen molar-refractivity contribution < 1.29 is 19.4 Å². The van der Waals surface area contributed by atoms with Gasteiger partial charge in [0.25, 0.3) is 5.91 Å². The molecule has 1 aromatic carbocycles. The molecule has 1 amide bonds. The number of carbonyl (C=O) groups excluding carboxylic acids is 2. The first-order valence-corrected chi connectivity index (χ1v) is 9.41. The van der Waals surface area contributed by atoms with Crippen LogP contribution in [0.25, 0.3) is 5.57 Å². The number of aliphatic hydroxyl groups excluding tert-OH is 1. The molecule has 0 saturated heterocycles. The molecule has 1 aromatic rings. The fourth-order valence-corrected chi connectivity index (χ4v) is 2.45. The summed E-state index contributed by atoms with van der Waals surface area (Å²) in [6, 6.07) is 8.18. The van der Waals surface area contributed by atoms with E-state index in [9.17, 15) is 14.7 Å². The van der Waals surface area contributed by atoms with Crippen molar-refractivity contribution in [1.29, 1.82) is 0 Å². The standard InChI is InChI=1S/C19H25IN2O4/c1-4-12-6-8-14(9-7-12)13(5-2)10-16(26-3)17(21)19(25)22-11-15(23)18(20)24/h6-10,15,23H,4-5,11,21H2,1-3H3,(H,22,25)/b13-10+,17-16+. The van der Waals surface area contributed by atoms with Gasteiger partial charge in [-0.3, -0.25) is 9.59 Å². The molecule has 0 spiro atoms. The van der Waals surface area contributed by atoms with Crippen molar-refractivity contribution in [3.05, 3.63) is 52.9 Å². The summed E-state index contributed by atoms with van der Waals surface area (Å²) < 4.78 is 4.82. The van der Waals surface area contributed by atoms with Gasteiger partial charge in [0.05, 0.1) is 13.7 Å². The van der Waals surface area contributed by atoms with Gasteiger partial charge in [-0.25, -0.2) is 0 Å². The highest BCUT2D eigenvalue weighted by Crippen LogP contribution is 2.21. The SMILES string of the molecule is CC/C(=C\C(OC)=C(/N)C(=O)NCC(O)C(=O)I)c1ccc(CC)cc1. The number of hydrogen-bond donors (Lipinski definition) is 3. The molecule has 0 saturated carbocycles. The number of rotatable bonds is 9. The maximum absolute atomic E-state index is 12.1. The Morgan fingerprint density at radius 1 is 1.31 bits per heavy atom. The van der Waals surface area contributed by atoms with E-state index in [1.807, 2.05) is 19.1 Å². The molecular formula is C19H25IN2O4. The van der Waals surface area contributed by atoms with Crippen molar-refractivity contribution >= 4 is 37.9 Å². The average Bonchev–Trinajstić information content (AvgIpc) is 2.66. The summed E-state index contributed by atoms with van der Waals surface area (Å²) in [4.78, 5) is 23.1. The Kier molecular flexibility index (Phi) is 9.36. The third-order valence-electron chi connectivity index (χ3n) is 3.87. The number of nitrogens with one attached hydrogen (secondary N) is 1. The van der Waals surface area contributed by atoms with E-state index in [1.54, 1.807) is 6.08 Å². The van der Waals surface area contributed by atoms with E-state index in [0.717, 1.165) is 24.0 Å². The van der Waals surface area contributed by atoms with Crippen molar-refractivity contribution in [2.24, 2.45) is 5.73 Å². The highest BCUT2D eigenvalue weighted by Gasteiger charge is 2.16. The third-order valence-corrected chi connectivity index (χ3v) is 4.59. The normalized spacial score (nSPS) is 13.7. The highest BCUT2D eigenvalue weighted by molar-refractivity contribution is 14.1. The van der Waals surface area contributed by atoms with Gasteiger partial charge in [0, 0.05) is 22.6 Å². The summed E-state index contributed by atoms with van der Waals surface area (Å²) in [5.74, 6) is -0.374. The number of halogens is 1. The summed E-state index contributed by atoms with van der Waals surface area (Å²) in [5.41, 5.74) is 9.02. The van der Waals surface area contributed by atoms with E-state index < -0.39 is 15.8 Å². The van der Waals surface area contributed by atoms with Gasteiger partial charge in [-0.1, -0.05) is 38.1 Å². The first kappa shape index (κ1) is 22.2. The van der Waals surface area contributed by atoms with Crippen LogP contribution in [0.5, 0.6) is 0 Å². The second-order valence-electron chi connectivity index (χ2n) is 5.59. The lowest BCUT2D eigenvalue weighted by atomic mass is 10.00. The lowest BCUT2D eigenvalue weighted by Gasteiger charge is -2.12. The van der Waals surface area contributed by atoms with Gasteiger partial charge in [0.15, 0.2) is 0 Å². The van der Waals surface area contributed by atoms with Gasteiger partial charge in [-0.2, -0.15) is 0 Å². The van der Waals surface area contributed by atoms with Gasteiger partial charge in [-0.15, -0.1) is 0 Å². The Morgan fingerprint density at radius 3 is 2.38 bits per heavy atom. The fourth-order valence-electron chi connectivity index (χ4n) is 2.23. The second-order valence-corrected chi connectivity index (χ2v) is 6.65. The van der Waals surface area contributed by atoms with Crippen molar-refractivity contribution in [1.82, 2.24) is 5.32 Å². The largest absolute Gasteiger partial charge is 0.494 e. The van der Waals surface area contributed by atoms with Crippen LogP contribution >= 0.6 is 22.6 Å². The summed E-state index contributed by atoms with van der Waals surface area (Å²) in [6.07, 6.45) is 2.16.